The Hall–Kier alpha value is -2.04. The van der Waals surface area contributed by atoms with Crippen molar-refractivity contribution in [1.82, 2.24) is 19.5 Å². The maximum Gasteiger partial charge on any atom is 0.243 e. The Morgan fingerprint density at radius 3 is 2.86 bits per heavy atom. The molecule has 3 aromatic rings. The molecule has 154 valence electrons. The van der Waals surface area contributed by atoms with Gasteiger partial charge in [0.05, 0.1) is 9.37 Å². The third-order valence-electron chi connectivity index (χ3n) is 4.98. The molecule has 0 saturated carbocycles. The number of sulfonamides is 1. The van der Waals surface area contributed by atoms with Crippen LogP contribution in [0.15, 0.2) is 45.8 Å². The minimum absolute atomic E-state index is 0.123. The second kappa shape index (κ2) is 8.00. The molecule has 1 aliphatic heterocycles. The highest BCUT2D eigenvalue weighted by Crippen LogP contribution is 2.25. The molecule has 1 unspecified atom stereocenters. The lowest BCUT2D eigenvalue weighted by Crippen LogP contribution is -2.39. The van der Waals surface area contributed by atoms with Gasteiger partial charge in [0.2, 0.25) is 10.0 Å². The van der Waals surface area contributed by atoms with Crippen molar-refractivity contribution in [2.75, 3.05) is 13.1 Å². The van der Waals surface area contributed by atoms with E-state index in [1.165, 1.54) is 21.3 Å². The van der Waals surface area contributed by atoms with Crippen LogP contribution in [0.5, 0.6) is 0 Å². The molecule has 10 heteroatoms. The van der Waals surface area contributed by atoms with Gasteiger partial charge in [-0.15, -0.1) is 5.10 Å². The molecule has 4 rings (SSSR count). The van der Waals surface area contributed by atoms with Gasteiger partial charge in [0.1, 0.15) is 23.5 Å². The van der Waals surface area contributed by atoms with Gasteiger partial charge in [-0.05, 0) is 75.8 Å². The molecule has 0 radical (unpaired) electrons. The Balaban J connectivity index is 1.59. The number of rotatable bonds is 5. The molecule has 0 spiro atoms. The first-order valence-electron chi connectivity index (χ1n) is 9.27. The Morgan fingerprint density at radius 1 is 1.28 bits per heavy atom. The molecule has 0 N–H and O–H groups in total. The number of hydrogen-bond acceptors (Lipinski definition) is 5. The quantitative estimate of drug-likeness (QED) is 0.556. The van der Waals surface area contributed by atoms with Crippen molar-refractivity contribution >= 4 is 37.0 Å². The molecule has 0 bridgehead atoms. The van der Waals surface area contributed by atoms with Crippen LogP contribution in [-0.2, 0) is 16.6 Å². The second-order valence-corrected chi connectivity index (χ2v) is 10.0. The van der Waals surface area contributed by atoms with E-state index >= 15 is 0 Å². The monoisotopic (exact) mass is 482 g/mol. The molecule has 29 heavy (non-hydrogen) atoms. The van der Waals surface area contributed by atoms with Crippen molar-refractivity contribution in [2.45, 2.75) is 31.3 Å². The number of nitrogens with zero attached hydrogens (tertiary/aromatic N) is 4. The third kappa shape index (κ3) is 4.15. The van der Waals surface area contributed by atoms with Crippen molar-refractivity contribution in [3.8, 4) is 0 Å². The first-order chi connectivity index (χ1) is 13.8. The van der Waals surface area contributed by atoms with Crippen LogP contribution in [-0.4, -0.2) is 41.0 Å². The smallest absolute Gasteiger partial charge is 0.243 e. The van der Waals surface area contributed by atoms with Crippen molar-refractivity contribution in [2.24, 2.45) is 5.92 Å². The van der Waals surface area contributed by atoms with E-state index in [1.807, 2.05) is 0 Å². The van der Waals surface area contributed by atoms with Gasteiger partial charge < -0.3 is 4.84 Å². The molecule has 1 aromatic heterocycles. The Kier molecular flexibility index (Phi) is 5.58. The Bertz CT molecular complexity index is 1150. The summed E-state index contributed by atoms with van der Waals surface area (Å²) < 4.78 is 41.4. The second-order valence-electron chi connectivity index (χ2n) is 7.25. The standard InChI is InChI=1S/C19H20BrFN4O3S/c1-13-3-2-8-24(11-13)29(26,27)15-5-7-18-19(10-15)25(23-22-18)28-12-14-4-6-17(21)16(20)9-14/h4-7,9-10,13H,2-3,8,11-12H2,1H3. The molecule has 1 aliphatic rings. The van der Waals surface area contributed by atoms with E-state index in [-0.39, 0.29) is 17.3 Å². The number of fused-ring (bicyclic) bond motifs is 1. The molecule has 0 aliphatic carbocycles. The minimum atomic E-state index is -3.60. The normalized spacial score (nSPS) is 18.2. The first kappa shape index (κ1) is 20.2. The zero-order chi connectivity index (χ0) is 20.6. The van der Waals surface area contributed by atoms with Crippen LogP contribution >= 0.6 is 15.9 Å². The van der Waals surface area contributed by atoms with Gasteiger partial charge in [-0.25, -0.2) is 12.8 Å². The molecule has 1 saturated heterocycles. The average Bonchev–Trinajstić information content (AvgIpc) is 3.11. The van der Waals surface area contributed by atoms with Crippen LogP contribution in [0.1, 0.15) is 25.3 Å². The van der Waals surface area contributed by atoms with Crippen LogP contribution in [0.2, 0.25) is 0 Å². The van der Waals surface area contributed by atoms with Gasteiger partial charge in [-0.1, -0.05) is 17.8 Å². The molecular formula is C19H20BrFN4O3S. The zero-order valence-electron chi connectivity index (χ0n) is 15.8. The van der Waals surface area contributed by atoms with Crippen LogP contribution in [0.3, 0.4) is 0 Å². The summed E-state index contributed by atoms with van der Waals surface area (Å²) in [5, 5.41) is 7.97. The predicted octanol–water partition coefficient (Wildman–Crippen LogP) is 3.38. The van der Waals surface area contributed by atoms with Gasteiger partial charge >= 0.3 is 0 Å². The highest BCUT2D eigenvalue weighted by molar-refractivity contribution is 9.10. The SMILES string of the molecule is CC1CCCN(S(=O)(=O)c2ccc3nnn(OCc4ccc(F)c(Br)c4)c3c2)C1. The summed E-state index contributed by atoms with van der Waals surface area (Å²) in [6.07, 6.45) is 1.90. The highest BCUT2D eigenvalue weighted by Gasteiger charge is 2.29. The molecule has 2 heterocycles. The largest absolute Gasteiger partial charge is 0.390 e. The van der Waals surface area contributed by atoms with E-state index in [2.05, 4.69) is 33.2 Å². The number of aromatic nitrogens is 3. The number of benzene rings is 2. The van der Waals surface area contributed by atoms with E-state index < -0.39 is 10.0 Å². The fraction of sp³-hybridized carbons (Fsp3) is 0.368. The topological polar surface area (TPSA) is 77.3 Å². The zero-order valence-corrected chi connectivity index (χ0v) is 18.2. The molecule has 2 aromatic carbocycles. The maximum atomic E-state index is 13.4. The summed E-state index contributed by atoms with van der Waals surface area (Å²) in [7, 11) is -3.60. The summed E-state index contributed by atoms with van der Waals surface area (Å²) in [4.78, 5) is 7.05. The van der Waals surface area contributed by atoms with Crippen LogP contribution in [0.4, 0.5) is 4.39 Å². The van der Waals surface area contributed by atoms with E-state index in [4.69, 9.17) is 4.84 Å². The van der Waals surface area contributed by atoms with Gasteiger partial charge in [-0.2, -0.15) is 4.31 Å². The fourth-order valence-corrected chi connectivity index (χ4v) is 5.46. The van der Waals surface area contributed by atoms with Crippen molar-refractivity contribution in [1.29, 1.82) is 0 Å². The molecule has 7 nitrogen and oxygen atoms in total. The molecular weight excluding hydrogens is 463 g/mol. The molecule has 1 atom stereocenters. The van der Waals surface area contributed by atoms with E-state index in [9.17, 15) is 12.8 Å². The van der Waals surface area contributed by atoms with E-state index in [0.29, 0.717) is 34.5 Å². The number of hydrogen-bond donors (Lipinski definition) is 0. The summed E-state index contributed by atoms with van der Waals surface area (Å²) >= 11 is 3.14. The van der Waals surface area contributed by atoms with Crippen LogP contribution < -0.4 is 4.84 Å². The third-order valence-corrected chi connectivity index (χ3v) is 7.45. The minimum Gasteiger partial charge on any atom is -0.390 e. The number of piperidine rings is 1. The summed E-state index contributed by atoms with van der Waals surface area (Å²) in [5.74, 6) is -0.0188. The molecule has 1 fully saturated rings. The maximum absolute atomic E-state index is 13.4. The Morgan fingerprint density at radius 2 is 2.10 bits per heavy atom. The Labute approximate surface area is 176 Å². The highest BCUT2D eigenvalue weighted by atomic mass is 79.9. The lowest BCUT2D eigenvalue weighted by Gasteiger charge is -2.30. The average molecular weight is 483 g/mol. The molecule has 0 amide bonds. The first-order valence-corrected chi connectivity index (χ1v) is 11.5. The predicted molar refractivity (Wildman–Crippen MR) is 109 cm³/mol. The number of halogens is 2. The summed E-state index contributed by atoms with van der Waals surface area (Å²) in [6.45, 7) is 3.23. The summed E-state index contributed by atoms with van der Waals surface area (Å²) in [6, 6.07) is 9.26. The lowest BCUT2D eigenvalue weighted by atomic mass is 10.0. The van der Waals surface area contributed by atoms with Gasteiger partial charge in [0, 0.05) is 13.1 Å². The van der Waals surface area contributed by atoms with Gasteiger partial charge in [-0.3, -0.25) is 0 Å². The van der Waals surface area contributed by atoms with Gasteiger partial charge in [0.15, 0.2) is 0 Å². The fourth-order valence-electron chi connectivity index (χ4n) is 3.41. The van der Waals surface area contributed by atoms with Crippen LogP contribution in [0, 0.1) is 11.7 Å². The van der Waals surface area contributed by atoms with Crippen molar-refractivity contribution in [3.63, 3.8) is 0 Å². The van der Waals surface area contributed by atoms with Gasteiger partial charge in [0.25, 0.3) is 0 Å². The lowest BCUT2D eigenvalue weighted by molar-refractivity contribution is 0.0750. The van der Waals surface area contributed by atoms with Crippen LogP contribution in [0.25, 0.3) is 11.0 Å². The van der Waals surface area contributed by atoms with E-state index in [1.54, 1.807) is 24.3 Å². The van der Waals surface area contributed by atoms with Crippen molar-refractivity contribution in [3.05, 3.63) is 52.3 Å². The van der Waals surface area contributed by atoms with E-state index in [0.717, 1.165) is 18.4 Å². The summed E-state index contributed by atoms with van der Waals surface area (Å²) in [5.41, 5.74) is 1.71. The van der Waals surface area contributed by atoms with Crippen molar-refractivity contribution < 1.29 is 17.6 Å².